The van der Waals surface area contributed by atoms with Crippen LogP contribution in [-0.4, -0.2) is 71.5 Å². The number of esters is 1. The van der Waals surface area contributed by atoms with Gasteiger partial charge in [0.05, 0.1) is 33.0 Å². The summed E-state index contributed by atoms with van der Waals surface area (Å²) < 4.78 is 55.0. The van der Waals surface area contributed by atoms with Gasteiger partial charge in [-0.3, -0.25) is 23.8 Å². The summed E-state index contributed by atoms with van der Waals surface area (Å²) in [6.45, 7) is 1.96. The highest BCUT2D eigenvalue weighted by Gasteiger charge is 2.63. The molecular weight excluding hydrogens is 693 g/mol. The molecular formula is C34H32F2N4O8PS+. The van der Waals surface area contributed by atoms with Crippen LogP contribution in [-0.2, 0) is 18.8 Å². The van der Waals surface area contributed by atoms with E-state index in [1.807, 2.05) is 29.6 Å². The number of nitrogens with one attached hydrogen (secondary N) is 1. The van der Waals surface area contributed by atoms with Gasteiger partial charge in [-0.25, -0.2) is 13.6 Å². The van der Waals surface area contributed by atoms with Gasteiger partial charge in [0.1, 0.15) is 6.17 Å². The van der Waals surface area contributed by atoms with E-state index >= 15 is 8.78 Å². The molecule has 2 aliphatic heterocycles. The number of ether oxygens (including phenoxy) is 2. The van der Waals surface area contributed by atoms with E-state index in [4.69, 9.17) is 18.5 Å². The quantitative estimate of drug-likeness (QED) is 0.194. The fourth-order valence-electron chi connectivity index (χ4n) is 7.12. The molecule has 2 aromatic carbocycles. The first-order valence-corrected chi connectivity index (χ1v) is 18.5. The Morgan fingerprint density at radius 3 is 2.68 bits per heavy atom. The maximum Gasteiger partial charge on any atom is 0.545 e. The molecule has 50 heavy (non-hydrogen) atoms. The number of thiophene rings is 1. The van der Waals surface area contributed by atoms with Crippen molar-refractivity contribution in [2.24, 2.45) is 0 Å². The second-order valence-electron chi connectivity index (χ2n) is 12.3. The lowest BCUT2D eigenvalue weighted by atomic mass is 9.92. The molecule has 0 bridgehead atoms. The molecule has 1 amide bonds. The van der Waals surface area contributed by atoms with Crippen LogP contribution in [0.2, 0.25) is 0 Å². The second-order valence-corrected chi connectivity index (χ2v) is 15.0. The van der Waals surface area contributed by atoms with E-state index in [2.05, 4.69) is 5.09 Å². The van der Waals surface area contributed by atoms with Crippen molar-refractivity contribution in [3.63, 3.8) is 0 Å². The van der Waals surface area contributed by atoms with Crippen LogP contribution < -0.4 is 20.0 Å². The van der Waals surface area contributed by atoms with Crippen LogP contribution >= 0.6 is 19.4 Å². The third kappa shape index (κ3) is 5.06. The van der Waals surface area contributed by atoms with E-state index in [9.17, 15) is 19.3 Å². The molecule has 260 valence electrons. The number of carbonyl (C=O) groups excluding carboxylic acids is 2. The van der Waals surface area contributed by atoms with Crippen molar-refractivity contribution in [3.8, 4) is 27.3 Å². The van der Waals surface area contributed by atoms with Crippen molar-refractivity contribution < 1.29 is 41.8 Å². The van der Waals surface area contributed by atoms with Gasteiger partial charge in [0.25, 0.3) is 11.7 Å². The number of methoxy groups -OCH3 is 1. The number of fused-ring (bicyclic) bond motifs is 7. The minimum Gasteiger partial charge on any atom is -0.468 e. The van der Waals surface area contributed by atoms with Crippen LogP contribution in [0.1, 0.15) is 47.4 Å². The Morgan fingerprint density at radius 1 is 1.12 bits per heavy atom. The van der Waals surface area contributed by atoms with Gasteiger partial charge in [0.2, 0.25) is 5.43 Å². The zero-order valence-electron chi connectivity index (χ0n) is 26.9. The Bertz CT molecular complexity index is 2110. The molecule has 16 heteroatoms. The summed E-state index contributed by atoms with van der Waals surface area (Å²) in [5.41, 5.74) is 0.334. The van der Waals surface area contributed by atoms with E-state index in [0.29, 0.717) is 24.0 Å². The number of morpholine rings is 1. The Morgan fingerprint density at radius 2 is 1.92 bits per heavy atom. The molecule has 4 aromatic rings. The van der Waals surface area contributed by atoms with Crippen molar-refractivity contribution in [1.82, 2.24) is 14.7 Å². The first-order valence-electron chi connectivity index (χ1n) is 16.0. The van der Waals surface area contributed by atoms with Gasteiger partial charge in [-0.05, 0) is 54.0 Å². The molecule has 4 heterocycles. The molecule has 4 aliphatic rings. The van der Waals surface area contributed by atoms with Crippen LogP contribution in [0.25, 0.3) is 21.6 Å². The molecule has 2 N–H and O–H groups in total. The minimum atomic E-state index is -4.23. The number of carbonyl (C=O) groups is 2. The number of rotatable bonds is 8. The van der Waals surface area contributed by atoms with E-state index in [-0.39, 0.29) is 37.6 Å². The smallest absolute Gasteiger partial charge is 0.468 e. The van der Waals surface area contributed by atoms with E-state index in [1.165, 1.54) is 46.4 Å². The lowest BCUT2D eigenvalue weighted by Gasteiger charge is -2.51. The lowest BCUT2D eigenvalue weighted by molar-refractivity contribution is -0.144. The SMILES string of the molecule is CCO[P+](O)(NC1(C(=O)OC)CC1)Oc1c2n(ccc1=O)N([C@@H]1c3ccccc3-c3sccc3-c3c1ccc(F)c3F)[C@@H]1COCCN1C2=O. The molecule has 1 saturated carbocycles. The van der Waals surface area contributed by atoms with Crippen LogP contribution in [0.3, 0.4) is 0 Å². The number of hydrogen-bond donors (Lipinski definition) is 2. The van der Waals surface area contributed by atoms with Crippen LogP contribution in [0, 0.1) is 11.6 Å². The summed E-state index contributed by atoms with van der Waals surface area (Å²) in [6, 6.07) is 12.3. The van der Waals surface area contributed by atoms with Gasteiger partial charge >= 0.3 is 14.1 Å². The highest BCUT2D eigenvalue weighted by atomic mass is 32.1. The number of amides is 1. The van der Waals surface area contributed by atoms with Crippen LogP contribution in [0.5, 0.6) is 5.75 Å². The standard InChI is InChI=1S/C34H32F2N4O8PS/c1-3-47-49(44,37-34(12-13-34)33(43)45-2)48-30-24(41)10-14-39-29(30)32(42)38-15-16-46-18-25(38)40(39)28-19-6-4-5-7-20(19)31-22(11-17-50-31)26-21(28)8-9-23(35)27(26)36/h4-11,14,17,25,28,37,44H,3,12-13,15-16,18H2,1-2H3/q+1/t25-,28-,49?/m1/s1. The van der Waals surface area contributed by atoms with Gasteiger partial charge < -0.3 is 14.4 Å². The molecule has 12 nitrogen and oxygen atoms in total. The Hall–Kier alpha value is -4.24. The molecule has 2 fully saturated rings. The normalized spacial score (nSPS) is 21.1. The predicted octanol–water partition coefficient (Wildman–Crippen LogP) is 4.76. The van der Waals surface area contributed by atoms with Gasteiger partial charge in [0, 0.05) is 34.8 Å². The fraction of sp³-hybridized carbons (Fsp3) is 0.324. The van der Waals surface area contributed by atoms with Gasteiger partial charge in [-0.1, -0.05) is 35.4 Å². The maximum atomic E-state index is 16.0. The average molecular weight is 726 g/mol. The van der Waals surface area contributed by atoms with Gasteiger partial charge in [-0.15, -0.1) is 11.3 Å². The lowest BCUT2D eigenvalue weighted by Crippen LogP contribution is -2.66. The van der Waals surface area contributed by atoms with Crippen LogP contribution in [0.4, 0.5) is 8.78 Å². The molecule has 2 aromatic heterocycles. The largest absolute Gasteiger partial charge is 0.545 e. The number of pyridine rings is 1. The molecule has 1 unspecified atom stereocenters. The van der Waals surface area contributed by atoms with Gasteiger partial charge in [0.15, 0.2) is 22.9 Å². The Kier molecular flexibility index (Phi) is 8.05. The Labute approximate surface area is 289 Å². The minimum absolute atomic E-state index is 0.0572. The summed E-state index contributed by atoms with van der Waals surface area (Å²) in [4.78, 5) is 54.7. The van der Waals surface area contributed by atoms with E-state index < -0.39 is 60.5 Å². The second kappa shape index (κ2) is 12.2. The molecule has 0 spiro atoms. The van der Waals surface area contributed by atoms with Crippen molar-refractivity contribution in [1.29, 1.82) is 0 Å². The van der Waals surface area contributed by atoms with Crippen molar-refractivity contribution in [3.05, 3.63) is 98.8 Å². The summed E-state index contributed by atoms with van der Waals surface area (Å²) in [5, 5.41) is 6.41. The number of aromatic nitrogens is 1. The van der Waals surface area contributed by atoms with Crippen molar-refractivity contribution >= 4 is 31.3 Å². The average Bonchev–Trinajstić information content (AvgIpc) is 3.76. The zero-order chi connectivity index (χ0) is 34.9. The summed E-state index contributed by atoms with van der Waals surface area (Å²) in [6.07, 6.45) is 1.31. The number of nitrogens with zero attached hydrogens (tertiary/aromatic N) is 3. The molecule has 2 aliphatic carbocycles. The first kappa shape index (κ1) is 32.9. The third-order valence-electron chi connectivity index (χ3n) is 9.48. The summed E-state index contributed by atoms with van der Waals surface area (Å²) in [5.74, 6) is -3.73. The number of halogens is 2. The summed E-state index contributed by atoms with van der Waals surface area (Å²) >= 11 is 1.40. The highest BCUT2D eigenvalue weighted by molar-refractivity contribution is 7.59. The maximum absolute atomic E-state index is 16.0. The fourth-order valence-corrected chi connectivity index (χ4v) is 9.86. The Balaban J connectivity index is 1.35. The van der Waals surface area contributed by atoms with Crippen molar-refractivity contribution in [2.75, 3.05) is 38.5 Å². The molecule has 8 rings (SSSR count). The molecule has 3 atom stereocenters. The first-order chi connectivity index (χ1) is 24.1. The van der Waals surface area contributed by atoms with Crippen molar-refractivity contribution in [2.45, 2.75) is 37.5 Å². The molecule has 1 saturated heterocycles. The zero-order valence-corrected chi connectivity index (χ0v) is 28.6. The number of hydrogen-bond acceptors (Lipinski definition) is 11. The van der Waals surface area contributed by atoms with E-state index in [1.54, 1.807) is 18.0 Å². The number of benzene rings is 2. The van der Waals surface area contributed by atoms with Crippen LogP contribution in [0.15, 0.2) is 64.9 Å². The predicted molar refractivity (Wildman–Crippen MR) is 180 cm³/mol. The van der Waals surface area contributed by atoms with E-state index in [0.717, 1.165) is 22.1 Å². The van der Waals surface area contributed by atoms with Gasteiger partial charge in [-0.2, -0.15) is 9.42 Å². The molecule has 0 radical (unpaired) electrons. The highest BCUT2D eigenvalue weighted by Crippen LogP contribution is 2.58. The monoisotopic (exact) mass is 725 g/mol. The topological polar surface area (TPSA) is 132 Å². The summed E-state index contributed by atoms with van der Waals surface area (Å²) in [7, 11) is -3.01. The third-order valence-corrected chi connectivity index (χ3v) is 12.2.